The Labute approximate surface area is 179 Å². The van der Waals surface area contributed by atoms with E-state index >= 15 is 0 Å². The molecule has 1 atom stereocenters. The monoisotopic (exact) mass is 422 g/mol. The molecule has 5 rings (SSSR count). The van der Waals surface area contributed by atoms with Gasteiger partial charge in [-0.15, -0.1) is 0 Å². The Balaban J connectivity index is 1.33. The molecule has 1 unspecified atom stereocenters. The standard InChI is InChI=1S/C23H23ClN4O2/c24-20-9-7-17(8-10-20)16-1-3-18(4-2-16)21-25-26-23(30)28(21)14-15-11-12-27(13-15)22(29)19-5-6-19/h1-4,7-10,15,19H,5-6,11-14H2,(H,26,30). The normalized spacial score (nSPS) is 18.7. The van der Waals surface area contributed by atoms with E-state index in [1.165, 1.54) is 0 Å². The molecule has 1 saturated heterocycles. The fraction of sp³-hybridized carbons (Fsp3) is 0.348. The zero-order valence-electron chi connectivity index (χ0n) is 16.6. The van der Waals surface area contributed by atoms with Crippen LogP contribution in [-0.4, -0.2) is 38.7 Å². The number of likely N-dealkylation sites (tertiary alicyclic amines) is 1. The minimum absolute atomic E-state index is 0.209. The summed E-state index contributed by atoms with van der Waals surface area (Å²) in [5, 5.41) is 7.56. The summed E-state index contributed by atoms with van der Waals surface area (Å²) < 4.78 is 1.70. The quantitative estimate of drug-likeness (QED) is 0.679. The van der Waals surface area contributed by atoms with E-state index in [1.807, 2.05) is 53.4 Å². The highest BCUT2D eigenvalue weighted by Crippen LogP contribution is 2.33. The largest absolute Gasteiger partial charge is 0.343 e. The van der Waals surface area contributed by atoms with Gasteiger partial charge in [0.25, 0.3) is 0 Å². The fourth-order valence-electron chi connectivity index (χ4n) is 4.19. The van der Waals surface area contributed by atoms with Crippen molar-refractivity contribution in [1.82, 2.24) is 19.7 Å². The zero-order valence-corrected chi connectivity index (χ0v) is 17.3. The van der Waals surface area contributed by atoms with Gasteiger partial charge >= 0.3 is 5.69 Å². The third-order valence-electron chi connectivity index (χ3n) is 6.04. The van der Waals surface area contributed by atoms with Crippen molar-refractivity contribution in [2.75, 3.05) is 13.1 Å². The number of benzene rings is 2. The van der Waals surface area contributed by atoms with Gasteiger partial charge in [-0.1, -0.05) is 48.0 Å². The summed E-state index contributed by atoms with van der Waals surface area (Å²) in [7, 11) is 0. The van der Waals surface area contributed by atoms with Gasteiger partial charge in [0.2, 0.25) is 5.91 Å². The molecule has 1 aliphatic heterocycles. The molecule has 6 nitrogen and oxygen atoms in total. The number of rotatable bonds is 5. The maximum Gasteiger partial charge on any atom is 0.343 e. The van der Waals surface area contributed by atoms with Gasteiger partial charge in [-0.05, 0) is 48.4 Å². The number of nitrogens with one attached hydrogen (secondary N) is 1. The number of nitrogens with zero attached hydrogens (tertiary/aromatic N) is 3. The van der Waals surface area contributed by atoms with Crippen molar-refractivity contribution in [3.8, 4) is 22.5 Å². The van der Waals surface area contributed by atoms with Crippen molar-refractivity contribution in [2.45, 2.75) is 25.8 Å². The van der Waals surface area contributed by atoms with E-state index in [-0.39, 0.29) is 23.4 Å². The van der Waals surface area contributed by atoms with Gasteiger partial charge in [-0.3, -0.25) is 9.36 Å². The van der Waals surface area contributed by atoms with E-state index in [0.717, 1.165) is 49.0 Å². The molecular formula is C23H23ClN4O2. The average molecular weight is 423 g/mol. The van der Waals surface area contributed by atoms with Crippen molar-refractivity contribution >= 4 is 17.5 Å². The number of hydrogen-bond acceptors (Lipinski definition) is 3. The summed E-state index contributed by atoms with van der Waals surface area (Å²) in [6.07, 6.45) is 2.97. The highest BCUT2D eigenvalue weighted by molar-refractivity contribution is 6.30. The van der Waals surface area contributed by atoms with Crippen LogP contribution in [0.15, 0.2) is 53.3 Å². The number of carbonyl (C=O) groups is 1. The minimum Gasteiger partial charge on any atom is -0.342 e. The molecule has 0 bridgehead atoms. The van der Waals surface area contributed by atoms with Crippen molar-refractivity contribution in [2.24, 2.45) is 11.8 Å². The summed E-state index contributed by atoms with van der Waals surface area (Å²) in [4.78, 5) is 26.7. The third-order valence-corrected chi connectivity index (χ3v) is 6.30. The number of carbonyl (C=O) groups excluding carboxylic acids is 1. The highest BCUT2D eigenvalue weighted by atomic mass is 35.5. The molecule has 0 spiro atoms. The van der Waals surface area contributed by atoms with Crippen LogP contribution < -0.4 is 5.69 Å². The predicted octanol–water partition coefficient (Wildman–Crippen LogP) is 3.82. The van der Waals surface area contributed by atoms with Crippen LogP contribution in [0.4, 0.5) is 0 Å². The second-order valence-corrected chi connectivity index (χ2v) is 8.70. The van der Waals surface area contributed by atoms with Crippen LogP contribution in [0.25, 0.3) is 22.5 Å². The Bertz CT molecular complexity index is 1110. The molecule has 7 heteroatoms. The van der Waals surface area contributed by atoms with E-state index in [9.17, 15) is 9.59 Å². The molecule has 1 aromatic heterocycles. The molecule has 1 amide bonds. The summed E-state index contributed by atoms with van der Waals surface area (Å²) in [5.74, 6) is 1.44. The fourth-order valence-corrected chi connectivity index (χ4v) is 4.32. The average Bonchev–Trinajstić information content (AvgIpc) is 3.41. The Hall–Kier alpha value is -2.86. The number of halogens is 1. The van der Waals surface area contributed by atoms with Gasteiger partial charge in [0.05, 0.1) is 0 Å². The molecule has 2 heterocycles. The van der Waals surface area contributed by atoms with E-state index in [0.29, 0.717) is 17.4 Å². The molecule has 2 aromatic carbocycles. The van der Waals surface area contributed by atoms with Gasteiger partial charge in [0.1, 0.15) is 0 Å². The number of aromatic amines is 1. The Morgan fingerprint density at radius 2 is 1.63 bits per heavy atom. The number of H-pyrrole nitrogens is 1. The van der Waals surface area contributed by atoms with Crippen LogP contribution in [0.5, 0.6) is 0 Å². The first kappa shape index (κ1) is 19.1. The Morgan fingerprint density at radius 1 is 1.00 bits per heavy atom. The van der Waals surface area contributed by atoms with Gasteiger partial charge < -0.3 is 4.90 Å². The first-order valence-corrected chi connectivity index (χ1v) is 10.8. The van der Waals surface area contributed by atoms with Crippen molar-refractivity contribution < 1.29 is 4.79 Å². The lowest BCUT2D eigenvalue weighted by molar-refractivity contribution is -0.131. The van der Waals surface area contributed by atoms with E-state index in [4.69, 9.17) is 11.6 Å². The third kappa shape index (κ3) is 3.79. The summed E-state index contributed by atoms with van der Waals surface area (Å²) in [5.41, 5.74) is 2.83. The summed E-state index contributed by atoms with van der Waals surface area (Å²) in [6.45, 7) is 2.08. The van der Waals surface area contributed by atoms with E-state index < -0.39 is 0 Å². The van der Waals surface area contributed by atoms with Crippen LogP contribution in [0.2, 0.25) is 5.02 Å². The zero-order chi connectivity index (χ0) is 20.7. The highest BCUT2D eigenvalue weighted by Gasteiger charge is 2.36. The Morgan fingerprint density at radius 3 is 2.30 bits per heavy atom. The molecule has 3 aromatic rings. The molecule has 1 saturated carbocycles. The van der Waals surface area contributed by atoms with Crippen LogP contribution in [-0.2, 0) is 11.3 Å². The molecule has 1 N–H and O–H groups in total. The SMILES string of the molecule is O=C(C1CC1)N1CCC(Cn2c(-c3ccc(-c4ccc(Cl)cc4)cc3)n[nH]c2=O)C1. The lowest BCUT2D eigenvalue weighted by Gasteiger charge is -2.16. The van der Waals surface area contributed by atoms with Gasteiger partial charge in [-0.2, -0.15) is 5.10 Å². The minimum atomic E-state index is -0.209. The molecule has 2 aliphatic rings. The van der Waals surface area contributed by atoms with Gasteiger partial charge in [-0.25, -0.2) is 9.89 Å². The smallest absolute Gasteiger partial charge is 0.342 e. The number of amides is 1. The molecule has 2 fully saturated rings. The van der Waals surface area contributed by atoms with Crippen LogP contribution in [0.3, 0.4) is 0 Å². The topological polar surface area (TPSA) is 71.0 Å². The predicted molar refractivity (Wildman–Crippen MR) is 116 cm³/mol. The number of aromatic nitrogens is 3. The van der Waals surface area contributed by atoms with Crippen molar-refractivity contribution in [1.29, 1.82) is 0 Å². The Kier molecular flexibility index (Phi) is 4.95. The van der Waals surface area contributed by atoms with Crippen LogP contribution in [0, 0.1) is 11.8 Å². The molecule has 154 valence electrons. The maximum atomic E-state index is 12.4. The van der Waals surface area contributed by atoms with E-state index in [1.54, 1.807) is 4.57 Å². The molecule has 1 aliphatic carbocycles. The maximum absolute atomic E-state index is 12.4. The summed E-state index contributed by atoms with van der Waals surface area (Å²) in [6, 6.07) is 15.7. The van der Waals surface area contributed by atoms with E-state index in [2.05, 4.69) is 10.2 Å². The van der Waals surface area contributed by atoms with Crippen LogP contribution >= 0.6 is 11.6 Å². The van der Waals surface area contributed by atoms with Crippen molar-refractivity contribution in [3.63, 3.8) is 0 Å². The van der Waals surface area contributed by atoms with Gasteiger partial charge in [0.15, 0.2) is 5.82 Å². The second kappa shape index (κ2) is 7.76. The van der Waals surface area contributed by atoms with Gasteiger partial charge in [0, 0.05) is 36.1 Å². The van der Waals surface area contributed by atoms with Crippen LogP contribution in [0.1, 0.15) is 19.3 Å². The lowest BCUT2D eigenvalue weighted by atomic mass is 10.0. The molecule has 30 heavy (non-hydrogen) atoms. The summed E-state index contributed by atoms with van der Waals surface area (Å²) >= 11 is 5.97. The number of hydrogen-bond donors (Lipinski definition) is 1. The lowest BCUT2D eigenvalue weighted by Crippen LogP contribution is -2.31. The second-order valence-electron chi connectivity index (χ2n) is 8.26. The first-order valence-electron chi connectivity index (χ1n) is 10.4. The molecular weight excluding hydrogens is 400 g/mol. The molecule has 0 radical (unpaired) electrons. The first-order chi connectivity index (χ1) is 14.6. The van der Waals surface area contributed by atoms with Crippen molar-refractivity contribution in [3.05, 3.63) is 64.0 Å².